The van der Waals surface area contributed by atoms with Gasteiger partial charge in [-0.05, 0) is 45.1 Å². The molecule has 1 aliphatic carbocycles. The van der Waals surface area contributed by atoms with Crippen molar-refractivity contribution < 1.29 is 14.3 Å². The lowest BCUT2D eigenvalue weighted by molar-refractivity contribution is -0.113. The molecular weight excluding hydrogens is 456 g/mol. The molecule has 0 spiro atoms. The number of esters is 1. The third-order valence-electron chi connectivity index (χ3n) is 5.74. The largest absolute Gasteiger partial charge is 0.465 e. The van der Waals surface area contributed by atoms with Gasteiger partial charge >= 0.3 is 5.97 Å². The molecule has 174 valence electrons. The first-order chi connectivity index (χ1) is 16.0. The Morgan fingerprint density at radius 3 is 2.64 bits per heavy atom. The Morgan fingerprint density at radius 1 is 1.15 bits per heavy atom. The minimum absolute atomic E-state index is 0.176. The van der Waals surface area contributed by atoms with E-state index < -0.39 is 0 Å². The second-order valence-electron chi connectivity index (χ2n) is 8.01. The number of aromatic nitrogens is 3. The first kappa shape index (κ1) is 23.5. The van der Waals surface area contributed by atoms with E-state index in [9.17, 15) is 9.59 Å². The number of fused-ring (bicyclic) bond motifs is 1. The normalized spacial score (nSPS) is 13.3. The summed E-state index contributed by atoms with van der Waals surface area (Å²) in [5.74, 6) is 0.403. The van der Waals surface area contributed by atoms with Gasteiger partial charge in [0.25, 0.3) is 0 Å². The van der Waals surface area contributed by atoms with Crippen molar-refractivity contribution >= 4 is 40.0 Å². The molecule has 1 aromatic carbocycles. The lowest BCUT2D eigenvalue weighted by Gasteiger charge is -2.09. The topological polar surface area (TPSA) is 86.1 Å². The molecule has 1 aliphatic rings. The summed E-state index contributed by atoms with van der Waals surface area (Å²) in [6.45, 7) is 4.78. The van der Waals surface area contributed by atoms with Crippen molar-refractivity contribution in [1.29, 1.82) is 0 Å². The maximum Gasteiger partial charge on any atom is 0.341 e. The molecule has 1 N–H and O–H groups in total. The highest BCUT2D eigenvalue weighted by Crippen LogP contribution is 2.38. The highest BCUT2D eigenvalue weighted by Gasteiger charge is 2.26. The number of nitrogens with zero attached hydrogens (tertiary/aromatic N) is 3. The smallest absolute Gasteiger partial charge is 0.341 e. The van der Waals surface area contributed by atoms with Crippen molar-refractivity contribution in [2.45, 2.75) is 57.7 Å². The number of aryl methyl sites for hydroxylation is 2. The quantitative estimate of drug-likeness (QED) is 0.285. The number of thioether (sulfide) groups is 1. The van der Waals surface area contributed by atoms with Crippen LogP contribution in [0.3, 0.4) is 0 Å². The van der Waals surface area contributed by atoms with Crippen molar-refractivity contribution in [2.75, 3.05) is 18.2 Å². The molecule has 0 saturated carbocycles. The standard InChI is InChI=1S/C24H28N4O3S2/c1-4-28-21(16-12-10-15(2)11-13-16)26-27-24(28)32-14-19(29)25-22-20(23(30)31-3)17-8-6-5-7-9-18(17)33-22/h10-13H,4-9,14H2,1-3H3,(H,25,29). The zero-order valence-corrected chi connectivity index (χ0v) is 20.8. The molecule has 2 aromatic heterocycles. The second kappa shape index (κ2) is 10.5. The monoisotopic (exact) mass is 484 g/mol. The van der Waals surface area contributed by atoms with Crippen LogP contribution in [0.2, 0.25) is 0 Å². The average Bonchev–Trinajstić information content (AvgIpc) is 3.30. The summed E-state index contributed by atoms with van der Waals surface area (Å²) in [7, 11) is 1.38. The molecule has 0 atom stereocenters. The van der Waals surface area contributed by atoms with Crippen molar-refractivity contribution in [3.8, 4) is 11.4 Å². The minimum Gasteiger partial charge on any atom is -0.465 e. The van der Waals surface area contributed by atoms with Crippen LogP contribution in [0.4, 0.5) is 5.00 Å². The van der Waals surface area contributed by atoms with Crippen LogP contribution in [0.25, 0.3) is 11.4 Å². The first-order valence-electron chi connectivity index (χ1n) is 11.2. The van der Waals surface area contributed by atoms with Crippen LogP contribution in [0.15, 0.2) is 29.4 Å². The van der Waals surface area contributed by atoms with E-state index in [1.54, 1.807) is 0 Å². The predicted octanol–water partition coefficient (Wildman–Crippen LogP) is 5.12. The average molecular weight is 485 g/mol. The highest BCUT2D eigenvalue weighted by atomic mass is 32.2. The van der Waals surface area contributed by atoms with Crippen LogP contribution in [-0.4, -0.2) is 39.5 Å². The summed E-state index contributed by atoms with van der Waals surface area (Å²) in [5, 5.41) is 12.9. The lowest BCUT2D eigenvalue weighted by Crippen LogP contribution is -2.16. The molecule has 0 aliphatic heterocycles. The van der Waals surface area contributed by atoms with Crippen molar-refractivity contribution in [2.24, 2.45) is 0 Å². The Hall–Kier alpha value is -2.65. The maximum atomic E-state index is 12.8. The molecule has 0 bridgehead atoms. The van der Waals surface area contributed by atoms with Crippen molar-refractivity contribution in [1.82, 2.24) is 14.8 Å². The van der Waals surface area contributed by atoms with Gasteiger partial charge in [-0.2, -0.15) is 0 Å². The summed E-state index contributed by atoms with van der Waals surface area (Å²) in [5.41, 5.74) is 3.75. The molecule has 2 heterocycles. The fourth-order valence-corrected chi connectivity index (χ4v) is 6.13. The zero-order valence-electron chi connectivity index (χ0n) is 19.1. The number of hydrogen-bond acceptors (Lipinski definition) is 7. The van der Waals surface area contributed by atoms with Crippen LogP contribution < -0.4 is 5.32 Å². The van der Waals surface area contributed by atoms with Gasteiger partial charge in [0.05, 0.1) is 18.4 Å². The molecule has 1 amide bonds. The van der Waals surface area contributed by atoms with E-state index in [0.29, 0.717) is 22.3 Å². The number of anilines is 1. The fourth-order valence-electron chi connectivity index (χ4n) is 4.04. The van der Waals surface area contributed by atoms with Gasteiger partial charge in [-0.15, -0.1) is 21.5 Å². The van der Waals surface area contributed by atoms with Gasteiger partial charge in [-0.1, -0.05) is 48.0 Å². The second-order valence-corrected chi connectivity index (χ2v) is 10.1. The molecule has 9 heteroatoms. The third kappa shape index (κ3) is 5.14. The molecule has 7 nitrogen and oxygen atoms in total. The number of nitrogens with one attached hydrogen (secondary N) is 1. The Morgan fingerprint density at radius 2 is 1.91 bits per heavy atom. The highest BCUT2D eigenvalue weighted by molar-refractivity contribution is 7.99. The maximum absolute atomic E-state index is 12.8. The number of amides is 1. The number of methoxy groups -OCH3 is 1. The number of carbonyl (C=O) groups excluding carboxylic acids is 2. The SMILES string of the molecule is CCn1c(SCC(=O)Nc2sc3c(c2C(=O)OC)CCCCC3)nnc1-c1ccc(C)cc1. The van der Waals surface area contributed by atoms with E-state index in [2.05, 4.69) is 15.5 Å². The summed E-state index contributed by atoms with van der Waals surface area (Å²) in [4.78, 5) is 26.5. The molecular formula is C24H28N4O3S2. The van der Waals surface area contributed by atoms with Crippen LogP contribution in [0.1, 0.15) is 52.5 Å². The molecule has 0 fully saturated rings. The van der Waals surface area contributed by atoms with E-state index >= 15 is 0 Å². The Labute approximate surface area is 201 Å². The van der Waals surface area contributed by atoms with E-state index in [4.69, 9.17) is 4.74 Å². The molecule has 0 radical (unpaired) electrons. The van der Waals surface area contributed by atoms with E-state index in [1.807, 2.05) is 42.7 Å². The van der Waals surface area contributed by atoms with Crippen LogP contribution in [0, 0.1) is 6.92 Å². The number of benzene rings is 1. The van der Waals surface area contributed by atoms with E-state index in [1.165, 1.54) is 40.6 Å². The van der Waals surface area contributed by atoms with Gasteiger partial charge in [-0.25, -0.2) is 4.79 Å². The van der Waals surface area contributed by atoms with Gasteiger partial charge in [0, 0.05) is 17.0 Å². The Bertz CT molecular complexity index is 1150. The molecule has 4 rings (SSSR count). The third-order valence-corrected chi connectivity index (χ3v) is 7.91. The summed E-state index contributed by atoms with van der Waals surface area (Å²) < 4.78 is 7.03. The van der Waals surface area contributed by atoms with Gasteiger partial charge < -0.3 is 14.6 Å². The van der Waals surface area contributed by atoms with E-state index in [0.717, 1.165) is 49.1 Å². The molecule has 3 aromatic rings. The molecule has 33 heavy (non-hydrogen) atoms. The number of thiophene rings is 1. The molecule has 0 saturated heterocycles. The number of ether oxygens (including phenoxy) is 1. The molecule has 0 unspecified atom stereocenters. The lowest BCUT2D eigenvalue weighted by atomic mass is 10.1. The first-order valence-corrected chi connectivity index (χ1v) is 13.0. The fraction of sp³-hybridized carbons (Fsp3) is 0.417. The van der Waals surface area contributed by atoms with Crippen molar-refractivity contribution in [3.63, 3.8) is 0 Å². The number of carbonyl (C=O) groups is 2. The van der Waals surface area contributed by atoms with Gasteiger partial charge in [-0.3, -0.25) is 4.79 Å². The Balaban J connectivity index is 1.48. The van der Waals surface area contributed by atoms with E-state index in [-0.39, 0.29) is 17.6 Å². The Kier molecular flexibility index (Phi) is 7.49. The summed E-state index contributed by atoms with van der Waals surface area (Å²) >= 11 is 2.85. The predicted molar refractivity (Wildman–Crippen MR) is 132 cm³/mol. The van der Waals surface area contributed by atoms with Gasteiger partial charge in [0.1, 0.15) is 5.00 Å². The zero-order chi connectivity index (χ0) is 23.4. The van der Waals surface area contributed by atoms with Crippen molar-refractivity contribution in [3.05, 3.63) is 45.8 Å². The van der Waals surface area contributed by atoms with Crippen LogP contribution in [-0.2, 0) is 28.9 Å². The van der Waals surface area contributed by atoms with Gasteiger partial charge in [0.2, 0.25) is 5.91 Å². The minimum atomic E-state index is -0.384. The number of rotatable bonds is 7. The summed E-state index contributed by atoms with van der Waals surface area (Å²) in [6, 6.07) is 8.15. The van der Waals surface area contributed by atoms with Crippen LogP contribution in [0.5, 0.6) is 0 Å². The van der Waals surface area contributed by atoms with Gasteiger partial charge in [0.15, 0.2) is 11.0 Å². The summed E-state index contributed by atoms with van der Waals surface area (Å²) in [6.07, 6.45) is 5.10. The van der Waals surface area contributed by atoms with Crippen LogP contribution >= 0.6 is 23.1 Å². The number of hydrogen-bond donors (Lipinski definition) is 1.